The third-order valence-electron chi connectivity index (χ3n) is 4.35. The number of hydrogen-bond acceptors (Lipinski definition) is 5. The summed E-state index contributed by atoms with van der Waals surface area (Å²) >= 11 is 0. The number of aliphatic hydroxyl groups is 1. The maximum atomic E-state index is 10.3. The van der Waals surface area contributed by atoms with Crippen molar-refractivity contribution in [3.8, 4) is 17.2 Å². The smallest absolute Gasteiger partial charge is 0.115 e. The molecule has 3 rings (SSSR count). The summed E-state index contributed by atoms with van der Waals surface area (Å²) in [6, 6.07) is 17.4. The van der Waals surface area contributed by atoms with Gasteiger partial charge in [0.25, 0.3) is 0 Å². The minimum absolute atomic E-state index is 0.101. The van der Waals surface area contributed by atoms with Crippen LogP contribution in [-0.4, -0.2) is 21.6 Å². The molecule has 0 aliphatic rings. The van der Waals surface area contributed by atoms with Crippen LogP contribution in [0.5, 0.6) is 0 Å². The molecule has 0 spiro atoms. The van der Waals surface area contributed by atoms with Crippen molar-refractivity contribution < 1.29 is 5.11 Å². The average molecular weight is 344 g/mol. The molecule has 0 saturated heterocycles. The lowest BCUT2D eigenvalue weighted by molar-refractivity contribution is 0.171. The molecule has 1 aromatic heterocycles. The molecule has 5 nitrogen and oxygen atoms in total. The summed E-state index contributed by atoms with van der Waals surface area (Å²) in [5.41, 5.74) is 4.57. The van der Waals surface area contributed by atoms with Crippen LogP contribution in [0.15, 0.2) is 67.3 Å². The summed E-state index contributed by atoms with van der Waals surface area (Å²) in [6.07, 6.45) is 4.48. The highest BCUT2D eigenvalue weighted by molar-refractivity contribution is 5.61. The number of nitriles is 1. The van der Waals surface area contributed by atoms with Crippen LogP contribution in [0.4, 0.5) is 0 Å². The third kappa shape index (κ3) is 4.31. The molecule has 130 valence electrons. The zero-order valence-electron chi connectivity index (χ0n) is 14.5. The fourth-order valence-corrected chi connectivity index (χ4v) is 2.72. The first-order chi connectivity index (χ1) is 12.7. The monoisotopic (exact) mass is 344 g/mol. The van der Waals surface area contributed by atoms with Gasteiger partial charge >= 0.3 is 0 Å². The molecule has 2 atom stereocenters. The number of aliphatic hydroxyl groups excluding tert-OH is 1. The third-order valence-corrected chi connectivity index (χ3v) is 4.35. The molecule has 0 fully saturated rings. The Kier molecular flexibility index (Phi) is 5.69. The van der Waals surface area contributed by atoms with Gasteiger partial charge in [0.2, 0.25) is 0 Å². The lowest BCUT2D eigenvalue weighted by Crippen LogP contribution is -2.24. The number of nitrogens with one attached hydrogen (secondary N) is 1. The van der Waals surface area contributed by atoms with Crippen molar-refractivity contribution in [1.29, 1.82) is 5.26 Å². The van der Waals surface area contributed by atoms with E-state index in [4.69, 9.17) is 5.26 Å². The largest absolute Gasteiger partial charge is 0.387 e. The first-order valence-corrected chi connectivity index (χ1v) is 8.44. The first kappa shape index (κ1) is 17.7. The molecule has 2 unspecified atom stereocenters. The Balaban J connectivity index is 1.59. The molecule has 0 aliphatic carbocycles. The predicted octanol–water partition coefficient (Wildman–Crippen LogP) is 3.40. The molecule has 0 radical (unpaired) electrons. The van der Waals surface area contributed by atoms with E-state index in [1.54, 1.807) is 36.7 Å². The second-order valence-corrected chi connectivity index (χ2v) is 6.13. The van der Waals surface area contributed by atoms with Gasteiger partial charge in [0.05, 0.1) is 17.7 Å². The summed E-state index contributed by atoms with van der Waals surface area (Å²) in [7, 11) is 0. The van der Waals surface area contributed by atoms with Crippen LogP contribution < -0.4 is 5.32 Å². The average Bonchev–Trinajstić information content (AvgIpc) is 2.72. The van der Waals surface area contributed by atoms with Crippen LogP contribution in [-0.2, 0) is 0 Å². The molecule has 1 heterocycles. The van der Waals surface area contributed by atoms with E-state index >= 15 is 0 Å². The van der Waals surface area contributed by atoms with Crippen molar-refractivity contribution in [2.45, 2.75) is 19.1 Å². The Labute approximate surface area is 153 Å². The second kappa shape index (κ2) is 8.34. The van der Waals surface area contributed by atoms with Gasteiger partial charge in [-0.1, -0.05) is 36.4 Å². The van der Waals surface area contributed by atoms with E-state index in [-0.39, 0.29) is 6.04 Å². The van der Waals surface area contributed by atoms with Crippen molar-refractivity contribution in [2.75, 3.05) is 6.54 Å². The van der Waals surface area contributed by atoms with Gasteiger partial charge in [-0.15, -0.1) is 0 Å². The van der Waals surface area contributed by atoms with Crippen LogP contribution >= 0.6 is 0 Å². The number of benzene rings is 2. The maximum Gasteiger partial charge on any atom is 0.115 e. The zero-order valence-corrected chi connectivity index (χ0v) is 14.5. The maximum absolute atomic E-state index is 10.3. The molecule has 2 N–H and O–H groups in total. The predicted molar refractivity (Wildman–Crippen MR) is 100 cm³/mol. The molecular weight excluding hydrogens is 324 g/mol. The summed E-state index contributed by atoms with van der Waals surface area (Å²) in [4.78, 5) is 8.08. The highest BCUT2D eigenvalue weighted by Gasteiger charge is 2.11. The Hall–Kier alpha value is -3.07. The fraction of sp³-hybridized carbons (Fsp3) is 0.190. The van der Waals surface area contributed by atoms with E-state index in [0.29, 0.717) is 12.1 Å². The first-order valence-electron chi connectivity index (χ1n) is 8.44. The van der Waals surface area contributed by atoms with E-state index in [1.807, 2.05) is 12.1 Å². The number of hydrogen-bond donors (Lipinski definition) is 2. The Morgan fingerprint density at radius 1 is 0.962 bits per heavy atom. The fourth-order valence-electron chi connectivity index (χ4n) is 2.72. The van der Waals surface area contributed by atoms with Gasteiger partial charge in [-0.3, -0.25) is 0 Å². The Morgan fingerprint density at radius 3 is 2.19 bits per heavy atom. The molecule has 2 aromatic carbocycles. The van der Waals surface area contributed by atoms with Crippen molar-refractivity contribution >= 4 is 0 Å². The van der Waals surface area contributed by atoms with E-state index in [2.05, 4.69) is 40.4 Å². The standard InChI is InChI=1S/C21H20N4O/c1-15(25-13-21(26)19-4-2-16(10-22)3-5-19)17-6-8-18(9-7-17)20-11-23-14-24-12-20/h2-9,11-12,14-15,21,25-26H,13H2,1H3. The van der Waals surface area contributed by atoms with Gasteiger partial charge in [-0.2, -0.15) is 5.26 Å². The number of nitrogens with zero attached hydrogens (tertiary/aromatic N) is 3. The van der Waals surface area contributed by atoms with Crippen molar-refractivity contribution in [1.82, 2.24) is 15.3 Å². The van der Waals surface area contributed by atoms with E-state index in [9.17, 15) is 5.11 Å². The van der Waals surface area contributed by atoms with Crippen LogP contribution in [0, 0.1) is 11.3 Å². The molecule has 3 aromatic rings. The summed E-state index contributed by atoms with van der Waals surface area (Å²) in [5.74, 6) is 0. The topological polar surface area (TPSA) is 81.8 Å². The van der Waals surface area contributed by atoms with Gasteiger partial charge in [-0.25, -0.2) is 9.97 Å². The SMILES string of the molecule is CC(NCC(O)c1ccc(C#N)cc1)c1ccc(-c2cncnc2)cc1. The molecule has 0 amide bonds. The summed E-state index contributed by atoms with van der Waals surface area (Å²) < 4.78 is 0. The molecule has 0 aliphatic heterocycles. The van der Waals surface area contributed by atoms with Crippen molar-refractivity contribution in [3.05, 3.63) is 83.9 Å². The lowest BCUT2D eigenvalue weighted by Gasteiger charge is -2.18. The van der Waals surface area contributed by atoms with E-state index < -0.39 is 6.10 Å². The quantitative estimate of drug-likeness (QED) is 0.716. The normalized spacial score (nSPS) is 13.0. The highest BCUT2D eigenvalue weighted by atomic mass is 16.3. The van der Waals surface area contributed by atoms with Crippen LogP contribution in [0.2, 0.25) is 0 Å². The molecule has 0 saturated carbocycles. The second-order valence-electron chi connectivity index (χ2n) is 6.13. The molecule has 26 heavy (non-hydrogen) atoms. The van der Waals surface area contributed by atoms with Gasteiger partial charge in [0, 0.05) is 30.5 Å². The summed E-state index contributed by atoms with van der Waals surface area (Å²) in [6.45, 7) is 2.49. The van der Waals surface area contributed by atoms with Crippen LogP contribution in [0.25, 0.3) is 11.1 Å². The Morgan fingerprint density at radius 2 is 1.58 bits per heavy atom. The van der Waals surface area contributed by atoms with Gasteiger partial charge < -0.3 is 10.4 Å². The Bertz CT molecular complexity index is 871. The van der Waals surface area contributed by atoms with Gasteiger partial charge in [-0.05, 0) is 35.7 Å². The molecule has 0 bridgehead atoms. The van der Waals surface area contributed by atoms with Crippen LogP contribution in [0.3, 0.4) is 0 Å². The molecular formula is C21H20N4O. The van der Waals surface area contributed by atoms with Crippen molar-refractivity contribution in [2.24, 2.45) is 0 Å². The lowest BCUT2D eigenvalue weighted by atomic mass is 10.0. The van der Waals surface area contributed by atoms with Gasteiger partial charge in [0.1, 0.15) is 6.33 Å². The number of rotatable bonds is 6. The summed E-state index contributed by atoms with van der Waals surface area (Å²) in [5, 5.41) is 22.5. The molecule has 5 heteroatoms. The minimum Gasteiger partial charge on any atom is -0.387 e. The van der Waals surface area contributed by atoms with Crippen molar-refractivity contribution in [3.63, 3.8) is 0 Å². The number of aromatic nitrogens is 2. The van der Waals surface area contributed by atoms with E-state index in [0.717, 1.165) is 22.3 Å². The van der Waals surface area contributed by atoms with E-state index in [1.165, 1.54) is 6.33 Å². The zero-order chi connectivity index (χ0) is 18.4. The van der Waals surface area contributed by atoms with Gasteiger partial charge in [0.15, 0.2) is 0 Å². The minimum atomic E-state index is -0.620. The highest BCUT2D eigenvalue weighted by Crippen LogP contribution is 2.21. The van der Waals surface area contributed by atoms with Crippen LogP contribution in [0.1, 0.15) is 35.8 Å².